The molecular weight excluding hydrogens is 1450 g/mol. The summed E-state index contributed by atoms with van der Waals surface area (Å²) in [6.45, 7) is 5.29. The maximum atomic E-state index is 6.67. The summed E-state index contributed by atoms with van der Waals surface area (Å²) in [6.07, 6.45) is 0. The molecule has 19 aromatic rings. The molecule has 9 heteroatoms. The van der Waals surface area contributed by atoms with Gasteiger partial charge in [-0.25, -0.2) is 0 Å². The van der Waals surface area contributed by atoms with Crippen LogP contribution in [-0.4, -0.2) is 24.7 Å². The molecule has 0 N–H and O–H groups in total. The quantitative estimate of drug-likeness (QED) is 0.134. The molecule has 0 saturated heterocycles. The van der Waals surface area contributed by atoms with E-state index in [1.165, 1.54) is 167 Å². The van der Waals surface area contributed by atoms with Gasteiger partial charge < -0.3 is 28.6 Å². The van der Waals surface area contributed by atoms with Gasteiger partial charge in [0.05, 0.1) is 22.6 Å². The largest absolute Gasteiger partial charge is 0.468 e. The van der Waals surface area contributed by atoms with Gasteiger partial charge in [-0.1, -0.05) is 333 Å². The Morgan fingerprint density at radius 2 is 0.725 bits per heavy atom. The fourth-order valence-corrected chi connectivity index (χ4v) is 21.2. The fraction of sp³-hybridized carbons (Fsp3) is 0.0270. The third-order valence-corrected chi connectivity index (χ3v) is 26.1. The van der Waals surface area contributed by atoms with Crippen molar-refractivity contribution in [3.63, 3.8) is 0 Å². The molecule has 17 aromatic carbocycles. The van der Waals surface area contributed by atoms with Gasteiger partial charge in [-0.05, 0) is 205 Å². The highest BCUT2D eigenvalue weighted by Crippen LogP contribution is 2.57. The van der Waals surface area contributed by atoms with Crippen molar-refractivity contribution >= 4 is 154 Å². The summed E-state index contributed by atoms with van der Waals surface area (Å²) in [6, 6.07) is 154. The molecule has 6 nitrogen and oxygen atoms in total. The van der Waals surface area contributed by atoms with E-state index in [4.69, 9.17) is 4.42 Å². The van der Waals surface area contributed by atoms with Gasteiger partial charge in [0, 0.05) is 89.9 Å². The maximum Gasteiger partial charge on any atom is 0.294 e. The molecule has 0 saturated carbocycles. The second-order valence-corrected chi connectivity index (χ2v) is 32.8. The lowest BCUT2D eigenvalue weighted by Gasteiger charge is -2.38. The topological polar surface area (TPSA) is 31.0 Å². The van der Waals surface area contributed by atoms with Crippen LogP contribution in [0.4, 0.5) is 62.6 Å². The molecule has 0 fully saturated rings. The van der Waals surface area contributed by atoms with Crippen LogP contribution in [0.3, 0.4) is 0 Å². The number of para-hydroxylation sites is 7. The first kappa shape index (κ1) is 69.3. The first-order valence-corrected chi connectivity index (χ1v) is 41.8. The molecule has 7 aliphatic rings. The molecule has 0 bridgehead atoms. The van der Waals surface area contributed by atoms with Crippen LogP contribution in [-0.2, 0) is 5.41 Å². The van der Waals surface area contributed by atoms with Crippen LogP contribution in [0.15, 0.2) is 435 Å². The molecule has 0 unspecified atom stereocenters. The van der Waals surface area contributed by atoms with Crippen LogP contribution < -0.4 is 63.6 Å². The van der Waals surface area contributed by atoms with Crippen molar-refractivity contribution in [1.82, 2.24) is 4.57 Å². The van der Waals surface area contributed by atoms with Crippen LogP contribution in [0.25, 0.3) is 88.9 Å². The van der Waals surface area contributed by atoms with Gasteiger partial charge in [0.2, 0.25) is 6.71 Å². The highest BCUT2D eigenvalue weighted by molar-refractivity contribution is 7.02. The SMILES string of the molecule is CC1(C)C2=C(c3ccccc31)N(c1cccc(-c3ccccc3)c1)c1cccc3c1B2c1ccc(N(c2ccccc2)c2ccccc2)cc1-3.c1ccc(-c2ccc3c(c2)-c2cccc4c2B3c2oc3ccccc3c2N4c2ccccc2)cc1.c1ccc(N2c3cccc4c3B(c3ccccc3-4)c3c2c2ccccc2n3-c2ccccc2)cc1. The molecule has 0 spiro atoms. The number of allylic oxidation sites excluding steroid dienone is 1. The van der Waals surface area contributed by atoms with E-state index in [1.54, 1.807) is 0 Å². The van der Waals surface area contributed by atoms with Gasteiger partial charge in [0.25, 0.3) is 13.4 Å². The molecule has 560 valence electrons. The summed E-state index contributed by atoms with van der Waals surface area (Å²) in [4.78, 5) is 9.81. The zero-order chi connectivity index (χ0) is 79.3. The number of fused-ring (bicyclic) bond motifs is 20. The molecule has 2 aromatic heterocycles. The Bertz CT molecular complexity index is 7310. The predicted octanol–water partition coefficient (Wildman–Crippen LogP) is 23.1. The lowest BCUT2D eigenvalue weighted by atomic mass is 9.33. The van der Waals surface area contributed by atoms with Crippen LogP contribution in [0, 0.1) is 0 Å². The highest BCUT2D eigenvalue weighted by Gasteiger charge is 2.54. The normalized spacial score (nSPS) is 13.7. The summed E-state index contributed by atoms with van der Waals surface area (Å²) >= 11 is 0. The number of nitrogens with zero attached hydrogens (tertiary/aromatic N) is 5. The average molecular weight is 1530 g/mol. The summed E-state index contributed by atoms with van der Waals surface area (Å²) in [5.41, 5.74) is 45.4. The first-order valence-electron chi connectivity index (χ1n) is 41.8. The minimum Gasteiger partial charge on any atom is -0.468 e. The number of hydrogen-bond acceptors (Lipinski definition) is 5. The summed E-state index contributed by atoms with van der Waals surface area (Å²) in [7, 11) is 0. The Kier molecular flexibility index (Phi) is 15.9. The Labute approximate surface area is 700 Å². The number of rotatable bonds is 9. The van der Waals surface area contributed by atoms with Gasteiger partial charge >= 0.3 is 0 Å². The Morgan fingerprint density at radius 3 is 1.38 bits per heavy atom. The maximum absolute atomic E-state index is 6.67. The Morgan fingerprint density at radius 1 is 0.283 bits per heavy atom. The summed E-state index contributed by atoms with van der Waals surface area (Å²) in [5.74, 6) is 0. The highest BCUT2D eigenvalue weighted by atomic mass is 16.3. The third kappa shape index (κ3) is 10.5. The van der Waals surface area contributed by atoms with Crippen molar-refractivity contribution in [2.45, 2.75) is 19.3 Å². The van der Waals surface area contributed by atoms with Crippen molar-refractivity contribution in [2.75, 3.05) is 19.6 Å². The van der Waals surface area contributed by atoms with E-state index in [0.717, 1.165) is 45.1 Å². The van der Waals surface area contributed by atoms with Crippen LogP contribution in [0.2, 0.25) is 0 Å². The van der Waals surface area contributed by atoms with Gasteiger partial charge in [-0.2, -0.15) is 0 Å². The molecule has 120 heavy (non-hydrogen) atoms. The first-order chi connectivity index (χ1) is 59.4. The van der Waals surface area contributed by atoms with E-state index in [-0.39, 0.29) is 25.6 Å². The Balaban J connectivity index is 0.000000105. The minimum absolute atomic E-state index is 0.0865. The lowest BCUT2D eigenvalue weighted by molar-refractivity contribution is 0.651. The molecule has 8 heterocycles. The van der Waals surface area contributed by atoms with E-state index < -0.39 is 0 Å². The van der Waals surface area contributed by atoms with Crippen molar-refractivity contribution in [2.24, 2.45) is 0 Å². The van der Waals surface area contributed by atoms with Gasteiger partial charge in [0.15, 0.2) is 0 Å². The molecule has 0 amide bonds. The standard InChI is InChI=1S/C47H35BN2.C32H21BN2.C32H20BNO/c1-47(2)41-26-13-12-24-39(41)45-46(47)48-42-29-28-37(49(34-19-8-4-9-20-34)35-21-10-5-11-22-35)31-40(42)38-25-15-27-43(44(38)48)50(45)36-23-14-18-33(30-36)32-16-6-3-7-17-32;1-3-12-22(13-4-1)34-29-21-11-18-25-24-16-7-9-19-27(24)33(30(25)29)32-31(34)26-17-8-10-20-28(26)35(32)23-14-5-2-6-15-23;1-3-10-21(11-4-1)22-18-19-27-26(20-22)24-15-9-16-28-30(24)33(27)32-31(25-14-7-8-17-29(25)35-32)34(28)23-12-5-2-6-13-23/h3-31H,1-2H3;1-21H;1-20H. The second-order valence-electron chi connectivity index (χ2n) is 32.8. The third-order valence-electron chi connectivity index (χ3n) is 26.1. The van der Waals surface area contributed by atoms with Crippen molar-refractivity contribution in [3.05, 3.63) is 441 Å². The smallest absolute Gasteiger partial charge is 0.294 e. The molecule has 0 atom stereocenters. The lowest BCUT2D eigenvalue weighted by Crippen LogP contribution is -2.56. The van der Waals surface area contributed by atoms with Crippen LogP contribution in [0.1, 0.15) is 25.0 Å². The van der Waals surface area contributed by atoms with E-state index >= 15 is 0 Å². The summed E-state index contributed by atoms with van der Waals surface area (Å²) < 4.78 is 9.16. The molecule has 1 aliphatic carbocycles. The number of anilines is 11. The van der Waals surface area contributed by atoms with Crippen molar-refractivity contribution in [1.29, 1.82) is 0 Å². The van der Waals surface area contributed by atoms with Crippen molar-refractivity contribution < 1.29 is 4.42 Å². The van der Waals surface area contributed by atoms with Crippen LogP contribution >= 0.6 is 0 Å². The molecular formula is C111H76B3N5O. The number of aromatic nitrogens is 1. The molecule has 0 radical (unpaired) electrons. The summed E-state index contributed by atoms with van der Waals surface area (Å²) in [5, 5.41) is 2.42. The zero-order valence-electron chi connectivity index (χ0n) is 66.3. The van der Waals surface area contributed by atoms with Gasteiger partial charge in [-0.15, -0.1) is 0 Å². The molecule has 26 rings (SSSR count). The van der Waals surface area contributed by atoms with E-state index in [1.807, 2.05) is 0 Å². The van der Waals surface area contributed by atoms with E-state index in [9.17, 15) is 0 Å². The van der Waals surface area contributed by atoms with Gasteiger partial charge in [0.1, 0.15) is 5.58 Å². The predicted molar refractivity (Wildman–Crippen MR) is 506 cm³/mol. The Hall–Kier alpha value is -15.0. The van der Waals surface area contributed by atoms with Gasteiger partial charge in [-0.3, -0.25) is 0 Å². The molecule has 6 aliphatic heterocycles. The van der Waals surface area contributed by atoms with Crippen molar-refractivity contribution in [3.8, 4) is 61.3 Å². The zero-order valence-corrected chi connectivity index (χ0v) is 66.3. The number of hydrogen-bond donors (Lipinski definition) is 0. The monoisotopic (exact) mass is 1530 g/mol. The number of benzene rings is 17. The minimum atomic E-state index is -0.156. The number of furan rings is 1. The fourth-order valence-electron chi connectivity index (χ4n) is 21.2. The van der Waals surface area contributed by atoms with E-state index in [0.29, 0.717) is 0 Å². The average Bonchev–Trinajstić information content (AvgIpc) is 1.52. The van der Waals surface area contributed by atoms with Crippen LogP contribution in [0.5, 0.6) is 0 Å². The van der Waals surface area contributed by atoms with E-state index in [2.05, 4.69) is 463 Å². The second kappa shape index (κ2) is 27.6.